The van der Waals surface area contributed by atoms with Crippen LogP contribution in [-0.2, 0) is 11.2 Å². The Balaban J connectivity index is 1.59. The zero-order valence-electron chi connectivity index (χ0n) is 13.2. The number of aromatic nitrogens is 3. The van der Waals surface area contributed by atoms with Gasteiger partial charge in [0.25, 0.3) is 0 Å². The van der Waals surface area contributed by atoms with Crippen LogP contribution in [0.5, 0.6) is 5.75 Å². The van der Waals surface area contributed by atoms with Crippen LogP contribution in [0.3, 0.4) is 0 Å². The van der Waals surface area contributed by atoms with Gasteiger partial charge in [-0.05, 0) is 31.5 Å². The highest BCUT2D eigenvalue weighted by molar-refractivity contribution is 8.01. The van der Waals surface area contributed by atoms with Crippen LogP contribution in [0.15, 0.2) is 22.5 Å². The second-order valence-corrected chi connectivity index (χ2v) is 8.05. The Kier molecular flexibility index (Phi) is 5.64. The molecule has 0 radical (unpaired) electrons. The van der Waals surface area contributed by atoms with E-state index in [2.05, 4.69) is 20.5 Å². The number of thiazole rings is 1. The van der Waals surface area contributed by atoms with Crippen molar-refractivity contribution in [3.63, 3.8) is 0 Å². The van der Waals surface area contributed by atoms with Gasteiger partial charge in [-0.3, -0.25) is 10.1 Å². The molecule has 6 nitrogen and oxygen atoms in total. The third kappa shape index (κ3) is 4.22. The molecule has 3 rings (SSSR count). The van der Waals surface area contributed by atoms with E-state index in [4.69, 9.17) is 4.74 Å². The van der Waals surface area contributed by atoms with Crippen molar-refractivity contribution in [2.24, 2.45) is 0 Å². The number of aryl methyl sites for hydroxylation is 1. The average molecular weight is 381 g/mol. The van der Waals surface area contributed by atoms with Crippen molar-refractivity contribution in [2.45, 2.75) is 24.6 Å². The lowest BCUT2D eigenvalue weighted by molar-refractivity contribution is -0.113. The first-order chi connectivity index (χ1) is 11.7. The Bertz CT molecular complexity index is 846. The zero-order valence-corrected chi connectivity index (χ0v) is 15.7. The molecule has 0 saturated carbocycles. The van der Waals surface area contributed by atoms with Gasteiger partial charge in [-0.2, -0.15) is 0 Å². The number of hydrogen-bond acceptors (Lipinski definition) is 8. The summed E-state index contributed by atoms with van der Waals surface area (Å²) in [4.78, 5) is 16.5. The predicted molar refractivity (Wildman–Crippen MR) is 99.4 cm³/mol. The number of rotatable bonds is 7. The highest BCUT2D eigenvalue weighted by atomic mass is 32.2. The van der Waals surface area contributed by atoms with Crippen LogP contribution in [0.1, 0.15) is 18.9 Å². The molecule has 1 N–H and O–H groups in total. The molecule has 0 spiro atoms. The molecule has 0 fully saturated rings. The lowest BCUT2D eigenvalue weighted by atomic mass is 10.3. The summed E-state index contributed by atoms with van der Waals surface area (Å²) in [5.74, 6) is 1.03. The van der Waals surface area contributed by atoms with E-state index in [1.54, 1.807) is 11.3 Å². The van der Waals surface area contributed by atoms with Gasteiger partial charge in [0, 0.05) is 0 Å². The third-order valence-corrected chi connectivity index (χ3v) is 6.14. The summed E-state index contributed by atoms with van der Waals surface area (Å²) in [6, 6.07) is 5.83. The molecule has 1 amide bonds. The van der Waals surface area contributed by atoms with Crippen LogP contribution in [0, 0.1) is 0 Å². The number of fused-ring (bicyclic) bond motifs is 1. The first kappa shape index (κ1) is 17.1. The minimum atomic E-state index is -0.104. The minimum Gasteiger partial charge on any atom is -0.494 e. The number of carbonyl (C=O) groups excluding carboxylic acids is 1. The molecule has 3 aromatic rings. The first-order valence-electron chi connectivity index (χ1n) is 7.46. The quantitative estimate of drug-likeness (QED) is 0.628. The van der Waals surface area contributed by atoms with E-state index in [-0.39, 0.29) is 5.91 Å². The number of nitrogens with zero attached hydrogens (tertiary/aromatic N) is 3. The van der Waals surface area contributed by atoms with Gasteiger partial charge in [-0.15, -0.1) is 21.5 Å². The summed E-state index contributed by atoms with van der Waals surface area (Å²) < 4.78 is 7.41. The first-order valence-corrected chi connectivity index (χ1v) is 10.1. The van der Waals surface area contributed by atoms with Gasteiger partial charge in [0.15, 0.2) is 4.34 Å². The van der Waals surface area contributed by atoms with Gasteiger partial charge in [-0.1, -0.05) is 30.0 Å². The van der Waals surface area contributed by atoms with E-state index in [0.717, 1.165) is 31.7 Å². The number of ether oxygens (including phenoxy) is 1. The Hall–Kier alpha value is -1.71. The molecule has 2 heterocycles. The van der Waals surface area contributed by atoms with Crippen LogP contribution < -0.4 is 10.1 Å². The minimum absolute atomic E-state index is 0.104. The fraction of sp³-hybridized carbons (Fsp3) is 0.333. The van der Waals surface area contributed by atoms with Crippen LogP contribution in [-0.4, -0.2) is 33.4 Å². The molecular weight excluding hydrogens is 364 g/mol. The molecule has 0 unspecified atom stereocenters. The van der Waals surface area contributed by atoms with Crippen LogP contribution in [0.25, 0.3) is 10.2 Å². The number of hydrogen-bond donors (Lipinski definition) is 1. The predicted octanol–water partition coefficient (Wildman–Crippen LogP) is 3.84. The molecule has 0 bridgehead atoms. The zero-order chi connectivity index (χ0) is 16.9. The molecule has 2 aromatic heterocycles. The van der Waals surface area contributed by atoms with Crippen molar-refractivity contribution in [1.29, 1.82) is 0 Å². The van der Waals surface area contributed by atoms with Crippen molar-refractivity contribution in [3.05, 3.63) is 23.2 Å². The van der Waals surface area contributed by atoms with Crippen molar-refractivity contribution in [1.82, 2.24) is 15.2 Å². The second-order valence-electron chi connectivity index (χ2n) is 4.73. The highest BCUT2D eigenvalue weighted by Crippen LogP contribution is 2.32. The smallest absolute Gasteiger partial charge is 0.236 e. The number of thioether (sulfide) groups is 1. The summed E-state index contributed by atoms with van der Waals surface area (Å²) in [7, 11) is 0. The van der Waals surface area contributed by atoms with Crippen molar-refractivity contribution < 1.29 is 9.53 Å². The summed E-state index contributed by atoms with van der Waals surface area (Å²) in [6.07, 6.45) is 0.817. The Morgan fingerprint density at radius 1 is 1.29 bits per heavy atom. The van der Waals surface area contributed by atoms with E-state index in [1.807, 2.05) is 32.0 Å². The number of benzene rings is 1. The molecule has 9 heteroatoms. The SMILES string of the molecule is CCOc1ccc2nc(SCC(=O)Nc3nnc(CC)s3)sc2c1. The van der Waals surface area contributed by atoms with Crippen molar-refractivity contribution >= 4 is 55.7 Å². The molecule has 24 heavy (non-hydrogen) atoms. The fourth-order valence-electron chi connectivity index (χ4n) is 1.93. The maximum absolute atomic E-state index is 12.0. The lowest BCUT2D eigenvalue weighted by Crippen LogP contribution is -2.13. The Morgan fingerprint density at radius 3 is 2.92 bits per heavy atom. The molecule has 1 aromatic carbocycles. The van der Waals surface area contributed by atoms with E-state index < -0.39 is 0 Å². The van der Waals surface area contributed by atoms with E-state index in [9.17, 15) is 4.79 Å². The topological polar surface area (TPSA) is 77.0 Å². The lowest BCUT2D eigenvalue weighted by Gasteiger charge is -2.00. The summed E-state index contributed by atoms with van der Waals surface area (Å²) >= 11 is 4.38. The standard InChI is InChI=1S/C15H16N4O2S3/c1-3-13-18-19-14(24-13)17-12(20)8-22-15-16-10-6-5-9(21-4-2)7-11(10)23-15/h5-7H,3-4,8H2,1-2H3,(H,17,19,20). The Morgan fingerprint density at radius 2 is 2.17 bits per heavy atom. The van der Waals surface area contributed by atoms with E-state index >= 15 is 0 Å². The molecule has 0 atom stereocenters. The largest absolute Gasteiger partial charge is 0.494 e. The average Bonchev–Trinajstić information content (AvgIpc) is 3.19. The number of anilines is 1. The van der Waals surface area contributed by atoms with Gasteiger partial charge in [0.1, 0.15) is 10.8 Å². The molecule has 0 aliphatic carbocycles. The van der Waals surface area contributed by atoms with E-state index in [1.165, 1.54) is 23.1 Å². The van der Waals surface area contributed by atoms with Crippen molar-refractivity contribution in [2.75, 3.05) is 17.7 Å². The van der Waals surface area contributed by atoms with Gasteiger partial charge >= 0.3 is 0 Å². The summed E-state index contributed by atoms with van der Waals surface area (Å²) in [5.41, 5.74) is 0.920. The van der Waals surface area contributed by atoms with E-state index in [0.29, 0.717) is 17.5 Å². The van der Waals surface area contributed by atoms with Crippen LogP contribution >= 0.6 is 34.4 Å². The number of carbonyl (C=O) groups is 1. The second kappa shape index (κ2) is 7.91. The third-order valence-electron chi connectivity index (χ3n) is 2.99. The monoisotopic (exact) mass is 380 g/mol. The van der Waals surface area contributed by atoms with Gasteiger partial charge < -0.3 is 4.74 Å². The number of nitrogens with one attached hydrogen (secondary N) is 1. The number of amides is 1. The molecule has 0 aliphatic heterocycles. The van der Waals surface area contributed by atoms with Gasteiger partial charge in [0.05, 0.1) is 22.6 Å². The summed E-state index contributed by atoms with van der Waals surface area (Å²) in [5, 5.41) is 12.2. The fourth-order valence-corrected chi connectivity index (χ4v) is 4.52. The summed E-state index contributed by atoms with van der Waals surface area (Å²) in [6.45, 7) is 4.60. The normalized spacial score (nSPS) is 10.9. The van der Waals surface area contributed by atoms with Crippen LogP contribution in [0.2, 0.25) is 0 Å². The molecule has 0 aliphatic rings. The molecular formula is C15H16N4O2S3. The van der Waals surface area contributed by atoms with Crippen molar-refractivity contribution in [3.8, 4) is 5.75 Å². The van der Waals surface area contributed by atoms with Gasteiger partial charge in [0.2, 0.25) is 11.0 Å². The maximum atomic E-state index is 12.0. The maximum Gasteiger partial charge on any atom is 0.236 e. The molecule has 126 valence electrons. The Labute approximate surface area is 151 Å². The van der Waals surface area contributed by atoms with Crippen LogP contribution in [0.4, 0.5) is 5.13 Å². The highest BCUT2D eigenvalue weighted by Gasteiger charge is 2.11. The van der Waals surface area contributed by atoms with Gasteiger partial charge in [-0.25, -0.2) is 4.98 Å². The molecule has 0 saturated heterocycles.